The van der Waals surface area contributed by atoms with Gasteiger partial charge < -0.3 is 40.4 Å². The molecule has 0 spiro atoms. The summed E-state index contributed by atoms with van der Waals surface area (Å²) in [5, 5.41) is 9.34. The number of amides is 3. The van der Waals surface area contributed by atoms with E-state index in [1.807, 2.05) is 41.0 Å². The summed E-state index contributed by atoms with van der Waals surface area (Å²) in [6.07, 6.45) is 5.30. The average Bonchev–Trinajstić information content (AvgIpc) is 3.54. The molecule has 0 atom stereocenters. The molecule has 12 nitrogen and oxygen atoms in total. The molecule has 0 saturated carbocycles. The van der Waals surface area contributed by atoms with Crippen LogP contribution in [0.1, 0.15) is 28.8 Å². The molecule has 4 N–H and O–H groups in total. The first-order chi connectivity index (χ1) is 20.0. The Kier molecular flexibility index (Phi) is 7.36. The number of fused-ring (bicyclic) bond motifs is 1. The predicted molar refractivity (Wildman–Crippen MR) is 158 cm³/mol. The SMILES string of the molecule is Cc1c(Nc2cc[nH]c(=O)c2C(=O)Nc2ccc(N3CCN(C(=O)N4CCCC4)CC3)cc2)cnc2c1NCCO2. The quantitative estimate of drug-likeness (QED) is 0.375. The smallest absolute Gasteiger partial charge is 0.320 e. The lowest BCUT2D eigenvalue weighted by molar-refractivity contribution is 0.102. The Hall–Kier alpha value is -4.74. The lowest BCUT2D eigenvalue weighted by Crippen LogP contribution is -2.52. The van der Waals surface area contributed by atoms with E-state index in [0.717, 1.165) is 56.0 Å². The number of ether oxygens (including phenoxy) is 1. The molecule has 3 aromatic rings. The zero-order chi connectivity index (χ0) is 28.3. The highest BCUT2D eigenvalue weighted by Gasteiger charge is 2.27. The van der Waals surface area contributed by atoms with Gasteiger partial charge in [0.05, 0.1) is 17.6 Å². The van der Waals surface area contributed by atoms with E-state index in [9.17, 15) is 14.4 Å². The van der Waals surface area contributed by atoms with Gasteiger partial charge in [-0.3, -0.25) is 9.59 Å². The molecule has 0 unspecified atom stereocenters. The number of aromatic amines is 1. The zero-order valence-electron chi connectivity index (χ0n) is 23.0. The first-order valence-electron chi connectivity index (χ1n) is 14.0. The monoisotopic (exact) mass is 558 g/mol. The number of carbonyl (C=O) groups excluding carboxylic acids is 2. The maximum absolute atomic E-state index is 13.3. The summed E-state index contributed by atoms with van der Waals surface area (Å²) in [5.41, 5.74) is 3.74. The van der Waals surface area contributed by atoms with E-state index in [4.69, 9.17) is 4.74 Å². The van der Waals surface area contributed by atoms with Crippen LogP contribution >= 0.6 is 0 Å². The zero-order valence-corrected chi connectivity index (χ0v) is 23.0. The molecule has 0 radical (unpaired) electrons. The molecule has 0 aliphatic carbocycles. The predicted octanol–water partition coefficient (Wildman–Crippen LogP) is 3.22. The number of hydrogen-bond acceptors (Lipinski definition) is 8. The maximum atomic E-state index is 13.3. The number of carbonyl (C=O) groups is 2. The number of H-pyrrole nitrogens is 1. The summed E-state index contributed by atoms with van der Waals surface area (Å²) in [7, 11) is 0. The fourth-order valence-corrected chi connectivity index (χ4v) is 5.51. The fourth-order valence-electron chi connectivity index (χ4n) is 5.51. The maximum Gasteiger partial charge on any atom is 0.320 e. The second-order valence-corrected chi connectivity index (χ2v) is 10.4. The molecule has 5 heterocycles. The van der Waals surface area contributed by atoms with Gasteiger partial charge in [0.25, 0.3) is 11.5 Å². The summed E-state index contributed by atoms with van der Waals surface area (Å²) < 4.78 is 5.60. The van der Waals surface area contributed by atoms with Crippen LogP contribution in [0.25, 0.3) is 0 Å². The highest BCUT2D eigenvalue weighted by atomic mass is 16.5. The van der Waals surface area contributed by atoms with Gasteiger partial charge in [0, 0.05) is 68.9 Å². The van der Waals surface area contributed by atoms with Gasteiger partial charge in [-0.2, -0.15) is 0 Å². The normalized spacial score (nSPS) is 16.5. The minimum absolute atomic E-state index is 0.0308. The molecule has 12 heteroatoms. The lowest BCUT2D eigenvalue weighted by Gasteiger charge is -2.37. The van der Waals surface area contributed by atoms with Gasteiger partial charge in [0.15, 0.2) is 0 Å². The molecule has 1 aromatic carbocycles. The van der Waals surface area contributed by atoms with Crippen LogP contribution < -0.4 is 31.1 Å². The molecule has 214 valence electrons. The van der Waals surface area contributed by atoms with Crippen LogP contribution in [0.15, 0.2) is 47.5 Å². The summed E-state index contributed by atoms with van der Waals surface area (Å²) in [4.78, 5) is 51.8. The summed E-state index contributed by atoms with van der Waals surface area (Å²) >= 11 is 0. The number of nitrogens with zero attached hydrogens (tertiary/aromatic N) is 4. The molecule has 3 aliphatic heterocycles. The molecule has 6 rings (SSSR count). The van der Waals surface area contributed by atoms with E-state index in [-0.39, 0.29) is 11.6 Å². The van der Waals surface area contributed by atoms with Gasteiger partial charge in [-0.05, 0) is 50.1 Å². The molecule has 2 fully saturated rings. The number of benzene rings is 1. The number of hydrogen-bond donors (Lipinski definition) is 4. The van der Waals surface area contributed by atoms with Gasteiger partial charge in [-0.15, -0.1) is 0 Å². The lowest BCUT2D eigenvalue weighted by atomic mass is 10.1. The van der Waals surface area contributed by atoms with Crippen LogP contribution in [0.4, 0.5) is 33.2 Å². The van der Waals surface area contributed by atoms with E-state index >= 15 is 0 Å². The van der Waals surface area contributed by atoms with E-state index in [2.05, 4.69) is 30.8 Å². The third kappa shape index (κ3) is 5.49. The molecule has 41 heavy (non-hydrogen) atoms. The Morgan fingerprint density at radius 1 is 0.951 bits per heavy atom. The number of aromatic nitrogens is 2. The van der Waals surface area contributed by atoms with Crippen LogP contribution in [0, 0.1) is 6.92 Å². The first-order valence-corrected chi connectivity index (χ1v) is 14.0. The Morgan fingerprint density at radius 3 is 2.44 bits per heavy atom. The number of anilines is 5. The van der Waals surface area contributed by atoms with Crippen molar-refractivity contribution < 1.29 is 14.3 Å². The Labute approximate surface area is 237 Å². The molecular weight excluding hydrogens is 524 g/mol. The topological polar surface area (TPSA) is 135 Å². The molecule has 3 amide bonds. The van der Waals surface area contributed by atoms with Gasteiger partial charge in [-0.25, -0.2) is 9.78 Å². The minimum Gasteiger partial charge on any atom is -0.474 e. The first kappa shape index (κ1) is 26.5. The number of piperazine rings is 1. The van der Waals surface area contributed by atoms with Crippen molar-refractivity contribution in [2.45, 2.75) is 19.8 Å². The van der Waals surface area contributed by atoms with Crippen molar-refractivity contribution in [3.05, 3.63) is 64.2 Å². The number of pyridine rings is 2. The number of likely N-dealkylation sites (tertiary alicyclic amines) is 1. The van der Waals surface area contributed by atoms with Crippen LogP contribution in [-0.2, 0) is 0 Å². The fraction of sp³-hybridized carbons (Fsp3) is 0.379. The molecule has 0 bridgehead atoms. The van der Waals surface area contributed by atoms with E-state index in [0.29, 0.717) is 49.2 Å². The van der Waals surface area contributed by atoms with Gasteiger partial charge in [0.2, 0.25) is 5.88 Å². The van der Waals surface area contributed by atoms with Crippen molar-refractivity contribution in [2.24, 2.45) is 0 Å². The Balaban J connectivity index is 1.11. The van der Waals surface area contributed by atoms with E-state index in [1.165, 1.54) is 6.20 Å². The van der Waals surface area contributed by atoms with Gasteiger partial charge >= 0.3 is 6.03 Å². The highest BCUT2D eigenvalue weighted by Crippen LogP contribution is 2.34. The summed E-state index contributed by atoms with van der Waals surface area (Å²) in [6.45, 7) is 7.71. The van der Waals surface area contributed by atoms with Crippen molar-refractivity contribution in [3.8, 4) is 5.88 Å². The largest absolute Gasteiger partial charge is 0.474 e. The van der Waals surface area contributed by atoms with Crippen LogP contribution in [0.3, 0.4) is 0 Å². The number of rotatable bonds is 5. The third-order valence-electron chi connectivity index (χ3n) is 7.82. The Morgan fingerprint density at radius 2 is 1.68 bits per heavy atom. The molecule has 3 aliphatic rings. The summed E-state index contributed by atoms with van der Waals surface area (Å²) in [6, 6.07) is 9.33. The van der Waals surface area contributed by atoms with Crippen molar-refractivity contribution in [1.29, 1.82) is 0 Å². The Bertz CT molecular complexity index is 1490. The third-order valence-corrected chi connectivity index (χ3v) is 7.82. The average molecular weight is 559 g/mol. The van der Waals surface area contributed by atoms with Crippen LogP contribution in [-0.4, -0.2) is 84.1 Å². The van der Waals surface area contributed by atoms with Crippen LogP contribution in [0.5, 0.6) is 5.88 Å². The molecule has 2 saturated heterocycles. The molecular formula is C29H34N8O4. The van der Waals surface area contributed by atoms with Gasteiger partial charge in [0.1, 0.15) is 17.9 Å². The second kappa shape index (κ2) is 11.4. The minimum atomic E-state index is -0.527. The summed E-state index contributed by atoms with van der Waals surface area (Å²) in [5.74, 6) is 0.00485. The van der Waals surface area contributed by atoms with E-state index in [1.54, 1.807) is 12.3 Å². The van der Waals surface area contributed by atoms with Crippen molar-refractivity contribution in [2.75, 3.05) is 73.3 Å². The second-order valence-electron chi connectivity index (χ2n) is 10.4. The number of nitrogens with one attached hydrogen (secondary N) is 4. The van der Waals surface area contributed by atoms with Crippen molar-refractivity contribution in [1.82, 2.24) is 19.8 Å². The van der Waals surface area contributed by atoms with Crippen molar-refractivity contribution >= 4 is 40.4 Å². The standard InChI is InChI=1S/C29H34N8O4/c1-19-23(18-32-28-25(19)30-10-17-41-28)34-22-8-9-31-26(38)24(22)27(39)33-20-4-6-21(7-5-20)35-13-15-37(16-14-35)29(40)36-11-2-3-12-36/h4-9,18,30H,2-3,10-17H2,1H3,(H,33,39)(H2,31,34,38). The van der Waals surface area contributed by atoms with Gasteiger partial charge in [-0.1, -0.05) is 0 Å². The van der Waals surface area contributed by atoms with Crippen LogP contribution in [0.2, 0.25) is 0 Å². The highest BCUT2D eigenvalue weighted by molar-refractivity contribution is 6.08. The van der Waals surface area contributed by atoms with Crippen molar-refractivity contribution in [3.63, 3.8) is 0 Å². The number of urea groups is 1. The molecule has 2 aromatic heterocycles. The van der Waals surface area contributed by atoms with E-state index < -0.39 is 11.5 Å².